The van der Waals surface area contributed by atoms with Gasteiger partial charge in [0.05, 0.1) is 0 Å². The maximum absolute atomic E-state index is 3.51. The van der Waals surface area contributed by atoms with Crippen LogP contribution in [0, 0.1) is 5.92 Å². The second kappa shape index (κ2) is 5.72. The van der Waals surface area contributed by atoms with E-state index in [-0.39, 0.29) is 0 Å². The predicted molar refractivity (Wildman–Crippen MR) is 62.6 cm³/mol. The fourth-order valence-corrected chi connectivity index (χ4v) is 1.87. The van der Waals surface area contributed by atoms with Crippen molar-refractivity contribution in [3.8, 4) is 0 Å². The van der Waals surface area contributed by atoms with E-state index in [1.807, 2.05) is 0 Å². The molecule has 0 aromatic heterocycles. The fraction of sp³-hybridized carbons (Fsp3) is 1.00. The number of hydrogen-bond acceptors (Lipinski definition) is 2. The summed E-state index contributed by atoms with van der Waals surface area (Å²) >= 11 is 0. The Hall–Kier alpha value is -0.0800. The quantitative estimate of drug-likeness (QED) is 0.630. The predicted octanol–water partition coefficient (Wildman–Crippen LogP) is 2.10. The van der Waals surface area contributed by atoms with Gasteiger partial charge in [-0.1, -0.05) is 13.8 Å². The van der Waals surface area contributed by atoms with E-state index in [1.165, 1.54) is 19.4 Å². The van der Waals surface area contributed by atoms with Gasteiger partial charge in [0.1, 0.15) is 0 Å². The summed E-state index contributed by atoms with van der Waals surface area (Å²) in [6, 6.07) is 1.61. The molecule has 0 atom stereocenters. The van der Waals surface area contributed by atoms with Gasteiger partial charge in [0.15, 0.2) is 0 Å². The zero-order valence-corrected chi connectivity index (χ0v) is 10.2. The van der Waals surface area contributed by atoms with Crippen molar-refractivity contribution in [1.29, 1.82) is 0 Å². The molecule has 1 rings (SSSR count). The monoisotopic (exact) mass is 198 g/mol. The molecule has 2 heteroatoms. The van der Waals surface area contributed by atoms with Crippen LogP contribution in [0.25, 0.3) is 0 Å². The van der Waals surface area contributed by atoms with E-state index in [0.717, 1.165) is 25.0 Å². The minimum absolute atomic E-state index is 0.711. The molecular formula is C12H26N2. The molecule has 1 fully saturated rings. The largest absolute Gasteiger partial charge is 0.315 e. The van der Waals surface area contributed by atoms with Crippen LogP contribution in [-0.2, 0) is 0 Å². The highest BCUT2D eigenvalue weighted by molar-refractivity contribution is 4.86. The number of nitrogens with one attached hydrogen (secondary N) is 1. The van der Waals surface area contributed by atoms with Crippen molar-refractivity contribution in [2.75, 3.05) is 19.6 Å². The Morgan fingerprint density at radius 1 is 1.21 bits per heavy atom. The average molecular weight is 198 g/mol. The molecule has 0 heterocycles. The minimum atomic E-state index is 0.711. The lowest BCUT2D eigenvalue weighted by molar-refractivity contribution is 0.211. The molecule has 2 nitrogen and oxygen atoms in total. The molecule has 1 saturated carbocycles. The summed E-state index contributed by atoms with van der Waals surface area (Å²) in [5.41, 5.74) is 0. The van der Waals surface area contributed by atoms with E-state index >= 15 is 0 Å². The molecule has 1 N–H and O–H groups in total. The highest BCUT2D eigenvalue weighted by Crippen LogP contribution is 2.27. The first-order valence-corrected chi connectivity index (χ1v) is 6.07. The second-order valence-electron chi connectivity index (χ2n) is 5.16. The molecule has 0 saturated heterocycles. The third-order valence-corrected chi connectivity index (χ3v) is 2.78. The standard InChI is InChI=1S/C12H26N2/c1-10(2)9-13-7-8-14(11(3)4)12-5-6-12/h10-13H,5-9H2,1-4H3. The minimum Gasteiger partial charge on any atom is -0.315 e. The van der Waals surface area contributed by atoms with Crippen LogP contribution in [0.1, 0.15) is 40.5 Å². The molecule has 0 aromatic carbocycles. The average Bonchev–Trinajstić information content (AvgIpc) is 2.86. The maximum atomic E-state index is 3.51. The summed E-state index contributed by atoms with van der Waals surface area (Å²) in [6.07, 6.45) is 2.84. The molecule has 0 aliphatic heterocycles. The van der Waals surface area contributed by atoms with E-state index in [1.54, 1.807) is 0 Å². The normalized spacial score (nSPS) is 17.4. The summed E-state index contributed by atoms with van der Waals surface area (Å²) in [5, 5.41) is 3.51. The van der Waals surface area contributed by atoms with Gasteiger partial charge in [0.2, 0.25) is 0 Å². The third kappa shape index (κ3) is 4.43. The molecule has 14 heavy (non-hydrogen) atoms. The van der Waals surface area contributed by atoms with Gasteiger partial charge < -0.3 is 5.32 Å². The van der Waals surface area contributed by atoms with Gasteiger partial charge in [-0.3, -0.25) is 4.90 Å². The maximum Gasteiger partial charge on any atom is 0.0112 e. The van der Waals surface area contributed by atoms with E-state index in [9.17, 15) is 0 Å². The summed E-state index contributed by atoms with van der Waals surface area (Å²) in [6.45, 7) is 12.6. The SMILES string of the molecule is CC(C)CNCCN(C(C)C)C1CC1. The molecule has 0 amide bonds. The zero-order chi connectivity index (χ0) is 10.6. The highest BCUT2D eigenvalue weighted by atomic mass is 15.2. The van der Waals surface area contributed by atoms with Crippen molar-refractivity contribution in [3.05, 3.63) is 0 Å². The summed E-state index contributed by atoms with van der Waals surface area (Å²) in [4.78, 5) is 2.63. The smallest absolute Gasteiger partial charge is 0.0112 e. The van der Waals surface area contributed by atoms with Crippen molar-refractivity contribution in [2.45, 2.75) is 52.6 Å². The highest BCUT2D eigenvalue weighted by Gasteiger charge is 2.29. The van der Waals surface area contributed by atoms with Crippen LogP contribution in [-0.4, -0.2) is 36.6 Å². The third-order valence-electron chi connectivity index (χ3n) is 2.78. The summed E-state index contributed by atoms with van der Waals surface area (Å²) < 4.78 is 0. The molecule has 0 unspecified atom stereocenters. The second-order valence-corrected chi connectivity index (χ2v) is 5.16. The molecule has 0 radical (unpaired) electrons. The van der Waals surface area contributed by atoms with Gasteiger partial charge in [-0.05, 0) is 39.2 Å². The molecule has 84 valence electrons. The van der Waals surface area contributed by atoms with Crippen LogP contribution in [0.5, 0.6) is 0 Å². The van der Waals surface area contributed by atoms with Gasteiger partial charge in [0, 0.05) is 25.2 Å². The Labute approximate surface area is 89.1 Å². The molecule has 0 aromatic rings. The van der Waals surface area contributed by atoms with Gasteiger partial charge in [-0.2, -0.15) is 0 Å². The van der Waals surface area contributed by atoms with E-state index in [2.05, 4.69) is 37.9 Å². The number of nitrogens with zero attached hydrogens (tertiary/aromatic N) is 1. The van der Waals surface area contributed by atoms with Crippen LogP contribution in [0.15, 0.2) is 0 Å². The van der Waals surface area contributed by atoms with Gasteiger partial charge >= 0.3 is 0 Å². The Morgan fingerprint density at radius 3 is 2.29 bits per heavy atom. The van der Waals surface area contributed by atoms with Crippen molar-refractivity contribution in [1.82, 2.24) is 10.2 Å². The molecule has 1 aliphatic rings. The van der Waals surface area contributed by atoms with Crippen molar-refractivity contribution >= 4 is 0 Å². The van der Waals surface area contributed by atoms with E-state index in [4.69, 9.17) is 0 Å². The first kappa shape index (κ1) is 12.0. The van der Waals surface area contributed by atoms with E-state index < -0.39 is 0 Å². The first-order chi connectivity index (χ1) is 6.61. The van der Waals surface area contributed by atoms with Gasteiger partial charge in [-0.15, -0.1) is 0 Å². The van der Waals surface area contributed by atoms with Crippen molar-refractivity contribution in [2.24, 2.45) is 5.92 Å². The zero-order valence-electron chi connectivity index (χ0n) is 10.2. The number of hydrogen-bond donors (Lipinski definition) is 1. The van der Waals surface area contributed by atoms with Crippen molar-refractivity contribution in [3.63, 3.8) is 0 Å². The van der Waals surface area contributed by atoms with Gasteiger partial charge in [0.25, 0.3) is 0 Å². The van der Waals surface area contributed by atoms with Crippen LogP contribution in [0.3, 0.4) is 0 Å². The Kier molecular flexibility index (Phi) is 4.90. The first-order valence-electron chi connectivity index (χ1n) is 6.07. The molecule has 0 bridgehead atoms. The summed E-state index contributed by atoms with van der Waals surface area (Å²) in [5.74, 6) is 0.767. The van der Waals surface area contributed by atoms with Gasteiger partial charge in [-0.25, -0.2) is 0 Å². The van der Waals surface area contributed by atoms with Crippen LogP contribution >= 0.6 is 0 Å². The lowest BCUT2D eigenvalue weighted by Gasteiger charge is -2.26. The molecular weight excluding hydrogens is 172 g/mol. The summed E-state index contributed by atoms with van der Waals surface area (Å²) in [7, 11) is 0. The van der Waals surface area contributed by atoms with Crippen LogP contribution in [0.4, 0.5) is 0 Å². The fourth-order valence-electron chi connectivity index (χ4n) is 1.87. The topological polar surface area (TPSA) is 15.3 Å². The van der Waals surface area contributed by atoms with Crippen molar-refractivity contribution < 1.29 is 0 Å². The van der Waals surface area contributed by atoms with Crippen LogP contribution < -0.4 is 5.32 Å². The Balaban J connectivity index is 2.08. The van der Waals surface area contributed by atoms with Crippen LogP contribution in [0.2, 0.25) is 0 Å². The van der Waals surface area contributed by atoms with E-state index in [0.29, 0.717) is 6.04 Å². The molecule has 1 aliphatic carbocycles. The Morgan fingerprint density at radius 2 is 1.86 bits per heavy atom. The lowest BCUT2D eigenvalue weighted by Crippen LogP contribution is -2.39. The lowest BCUT2D eigenvalue weighted by atomic mass is 10.2. The number of rotatable bonds is 7. The Bertz CT molecular complexity index is 148. The molecule has 0 spiro atoms.